The summed E-state index contributed by atoms with van der Waals surface area (Å²) in [7, 11) is 1.49. The molecule has 1 saturated carbocycles. The van der Waals surface area contributed by atoms with E-state index in [1.807, 2.05) is 0 Å². The van der Waals surface area contributed by atoms with Crippen LogP contribution in [-0.4, -0.2) is 79.0 Å². The number of benzene rings is 2. The third-order valence-corrected chi connectivity index (χ3v) is 6.22. The molecule has 3 unspecified atom stereocenters. The van der Waals surface area contributed by atoms with E-state index in [4.69, 9.17) is 28.4 Å². The number of Topliss-reactive ketones (excluding diaryl/α,β-unsaturated/α-hetero) is 1. The fourth-order valence-electron chi connectivity index (χ4n) is 4.38. The highest BCUT2D eigenvalue weighted by molar-refractivity contribution is 5.99. The summed E-state index contributed by atoms with van der Waals surface area (Å²) < 4.78 is 32.9. The van der Waals surface area contributed by atoms with Crippen LogP contribution in [0.1, 0.15) is 54.3 Å². The lowest BCUT2D eigenvalue weighted by molar-refractivity contribution is -0.205. The number of ketones is 1. The van der Waals surface area contributed by atoms with Crippen molar-refractivity contribution >= 4 is 29.7 Å². The highest BCUT2D eigenvalue weighted by Gasteiger charge is 2.62. The maximum absolute atomic E-state index is 13.0. The monoisotopic (exact) mass is 585 g/mol. The standard InChI is InChI=1S/C30H33O12/c1-17(31)39-25-16-24(42-30(36)21-8-6-5-7-9-21)27(29(41-19(3)33)28(25)40-18(2)32)38-15-14-23(34)26(35)20-10-12-22(37-4)13-11-20/h5-13,23-25,28-29,34H,14-16H2,1-4H3/q+1/t23-,24+,25?,28?,29?/m1/s1. The first-order valence-corrected chi connectivity index (χ1v) is 13.1. The van der Waals surface area contributed by atoms with Crippen LogP contribution in [0.4, 0.5) is 0 Å². The fourth-order valence-corrected chi connectivity index (χ4v) is 4.38. The quantitative estimate of drug-likeness (QED) is 0.168. The van der Waals surface area contributed by atoms with Gasteiger partial charge in [0.2, 0.25) is 6.10 Å². The van der Waals surface area contributed by atoms with Gasteiger partial charge in [-0.3, -0.25) is 19.2 Å². The van der Waals surface area contributed by atoms with Gasteiger partial charge in [-0.05, 0) is 36.4 Å². The highest BCUT2D eigenvalue weighted by atomic mass is 16.6. The molecular formula is C30H33O12+. The number of hydrogen-bond acceptors (Lipinski definition) is 12. The van der Waals surface area contributed by atoms with E-state index in [1.165, 1.54) is 31.4 Å². The Morgan fingerprint density at radius 2 is 1.45 bits per heavy atom. The van der Waals surface area contributed by atoms with E-state index in [9.17, 15) is 29.1 Å². The third-order valence-electron chi connectivity index (χ3n) is 6.22. The van der Waals surface area contributed by atoms with E-state index < -0.39 is 60.2 Å². The predicted molar refractivity (Wildman–Crippen MR) is 144 cm³/mol. The molecule has 1 aliphatic carbocycles. The Balaban J connectivity index is 1.85. The minimum atomic E-state index is -1.46. The summed E-state index contributed by atoms with van der Waals surface area (Å²) in [6.45, 7) is 3.10. The molecular weight excluding hydrogens is 552 g/mol. The van der Waals surface area contributed by atoms with Crippen LogP contribution in [0, 0.1) is 6.10 Å². The molecule has 0 spiro atoms. The molecule has 0 bridgehead atoms. The van der Waals surface area contributed by atoms with Crippen molar-refractivity contribution < 1.29 is 57.5 Å². The van der Waals surface area contributed by atoms with Gasteiger partial charge >= 0.3 is 36.1 Å². The largest absolute Gasteiger partial charge is 0.497 e. The van der Waals surface area contributed by atoms with Crippen molar-refractivity contribution in [3.05, 3.63) is 71.8 Å². The first kappa shape index (κ1) is 32.1. The number of methoxy groups -OCH3 is 1. The predicted octanol–water partition coefficient (Wildman–Crippen LogP) is 2.60. The van der Waals surface area contributed by atoms with E-state index in [2.05, 4.69) is 0 Å². The summed E-state index contributed by atoms with van der Waals surface area (Å²) in [6.07, 6.45) is -7.14. The van der Waals surface area contributed by atoms with Crippen LogP contribution in [0.5, 0.6) is 5.75 Å². The molecule has 2 aromatic carbocycles. The molecule has 1 fully saturated rings. The van der Waals surface area contributed by atoms with Gasteiger partial charge in [0.25, 0.3) is 6.10 Å². The lowest BCUT2D eigenvalue weighted by atomic mass is 9.86. The molecule has 0 saturated heterocycles. The maximum atomic E-state index is 13.0. The lowest BCUT2D eigenvalue weighted by Crippen LogP contribution is -2.57. The van der Waals surface area contributed by atoms with E-state index in [0.717, 1.165) is 20.8 Å². The molecule has 12 heteroatoms. The van der Waals surface area contributed by atoms with E-state index >= 15 is 0 Å². The Morgan fingerprint density at radius 3 is 2.02 bits per heavy atom. The lowest BCUT2D eigenvalue weighted by Gasteiger charge is -2.36. The van der Waals surface area contributed by atoms with E-state index in [0.29, 0.717) is 5.75 Å². The first-order valence-electron chi connectivity index (χ1n) is 13.1. The summed E-state index contributed by atoms with van der Waals surface area (Å²) in [6, 6.07) is 14.2. The molecule has 12 nitrogen and oxygen atoms in total. The minimum Gasteiger partial charge on any atom is -0.497 e. The van der Waals surface area contributed by atoms with Crippen molar-refractivity contribution in [1.82, 2.24) is 0 Å². The number of hydrogen-bond donors (Lipinski definition) is 1. The SMILES string of the molecule is COc1ccc(C(=O)[C@H](O)CCO[C+]2C(OC(C)=O)C(OC(C)=O)C(OC(C)=O)C[C@@H]2OC(=O)c2ccccc2)cc1. The summed E-state index contributed by atoms with van der Waals surface area (Å²) in [4.78, 5) is 61.6. The number of carbonyl (C=O) groups is 5. The van der Waals surface area contributed by atoms with Crippen LogP contribution in [0.15, 0.2) is 54.6 Å². The van der Waals surface area contributed by atoms with Crippen LogP contribution in [0.3, 0.4) is 0 Å². The van der Waals surface area contributed by atoms with Crippen molar-refractivity contribution in [2.24, 2.45) is 0 Å². The minimum absolute atomic E-state index is 0.117. The number of ether oxygens (including phenoxy) is 6. The summed E-state index contributed by atoms with van der Waals surface area (Å²) in [5.41, 5.74) is 0.466. The van der Waals surface area contributed by atoms with Gasteiger partial charge in [0, 0.05) is 32.8 Å². The third kappa shape index (κ3) is 8.79. The zero-order chi connectivity index (χ0) is 30.8. The smallest absolute Gasteiger partial charge is 0.341 e. The van der Waals surface area contributed by atoms with Crippen LogP contribution >= 0.6 is 0 Å². The Bertz CT molecular complexity index is 1240. The van der Waals surface area contributed by atoms with E-state index in [-0.39, 0.29) is 36.7 Å². The van der Waals surface area contributed by atoms with Crippen LogP contribution in [-0.2, 0) is 38.1 Å². The van der Waals surface area contributed by atoms with Crippen molar-refractivity contribution in [2.45, 2.75) is 64.1 Å². The van der Waals surface area contributed by atoms with Gasteiger partial charge < -0.3 is 28.8 Å². The van der Waals surface area contributed by atoms with Crippen molar-refractivity contribution in [2.75, 3.05) is 13.7 Å². The average molecular weight is 586 g/mol. The average Bonchev–Trinajstić information content (AvgIpc) is 2.95. The Morgan fingerprint density at radius 1 is 0.833 bits per heavy atom. The van der Waals surface area contributed by atoms with Crippen molar-refractivity contribution in [3.8, 4) is 5.75 Å². The molecule has 1 N–H and O–H groups in total. The molecule has 0 aromatic heterocycles. The molecule has 0 heterocycles. The number of rotatable bonds is 12. The van der Waals surface area contributed by atoms with Gasteiger partial charge in [-0.2, -0.15) is 4.74 Å². The second-order valence-corrected chi connectivity index (χ2v) is 9.40. The number of aliphatic hydroxyl groups is 1. The summed E-state index contributed by atoms with van der Waals surface area (Å²) in [5, 5.41) is 10.5. The fraction of sp³-hybridized carbons (Fsp3) is 0.400. The molecule has 42 heavy (non-hydrogen) atoms. The Kier molecular flexibility index (Phi) is 11.5. The molecule has 224 valence electrons. The summed E-state index contributed by atoms with van der Waals surface area (Å²) >= 11 is 0. The van der Waals surface area contributed by atoms with Gasteiger partial charge in [-0.25, -0.2) is 4.79 Å². The molecule has 5 atom stereocenters. The zero-order valence-corrected chi connectivity index (χ0v) is 23.6. The highest BCUT2D eigenvalue weighted by Crippen LogP contribution is 2.37. The second-order valence-electron chi connectivity index (χ2n) is 9.40. The first-order chi connectivity index (χ1) is 20.0. The van der Waals surface area contributed by atoms with Crippen LogP contribution in [0.2, 0.25) is 0 Å². The number of aliphatic hydroxyl groups excluding tert-OH is 1. The Labute approximate surface area is 242 Å². The van der Waals surface area contributed by atoms with Crippen LogP contribution < -0.4 is 4.74 Å². The topological polar surface area (TPSA) is 161 Å². The Hall–Kier alpha value is -4.42. The normalized spacial score (nSPS) is 20.5. The molecule has 1 aliphatic rings. The van der Waals surface area contributed by atoms with Crippen LogP contribution in [0.25, 0.3) is 0 Å². The maximum Gasteiger partial charge on any atom is 0.341 e. The van der Waals surface area contributed by atoms with Gasteiger partial charge in [0.15, 0.2) is 11.9 Å². The number of esters is 4. The molecule has 3 rings (SSSR count). The second kappa shape index (κ2) is 15.0. The van der Waals surface area contributed by atoms with Gasteiger partial charge in [-0.1, -0.05) is 18.2 Å². The van der Waals surface area contributed by atoms with Gasteiger partial charge in [0.1, 0.15) is 18.5 Å². The zero-order valence-electron chi connectivity index (χ0n) is 23.6. The number of carbonyl (C=O) groups excluding carboxylic acids is 5. The van der Waals surface area contributed by atoms with Gasteiger partial charge in [-0.15, -0.1) is 0 Å². The van der Waals surface area contributed by atoms with E-state index in [1.54, 1.807) is 30.3 Å². The molecule has 0 aliphatic heterocycles. The molecule has 0 radical (unpaired) electrons. The van der Waals surface area contributed by atoms with Crippen molar-refractivity contribution in [1.29, 1.82) is 0 Å². The molecule has 2 aromatic rings. The van der Waals surface area contributed by atoms with Gasteiger partial charge in [0.05, 0.1) is 19.1 Å². The molecule has 0 amide bonds. The van der Waals surface area contributed by atoms with Crippen molar-refractivity contribution in [3.63, 3.8) is 0 Å². The summed E-state index contributed by atoms with van der Waals surface area (Å²) in [5.74, 6) is -3.02.